The fourth-order valence-corrected chi connectivity index (χ4v) is 3.49. The fourth-order valence-electron chi connectivity index (χ4n) is 1.56. The van der Waals surface area contributed by atoms with Crippen molar-refractivity contribution < 1.29 is 8.42 Å². The van der Waals surface area contributed by atoms with E-state index in [-0.39, 0.29) is 0 Å². The minimum atomic E-state index is -3.42. The van der Waals surface area contributed by atoms with Gasteiger partial charge in [-0.2, -0.15) is 0 Å². The van der Waals surface area contributed by atoms with E-state index in [9.17, 15) is 8.42 Å². The van der Waals surface area contributed by atoms with Gasteiger partial charge >= 0.3 is 0 Å². The van der Waals surface area contributed by atoms with E-state index in [0.29, 0.717) is 15.9 Å². The van der Waals surface area contributed by atoms with Crippen LogP contribution in [-0.4, -0.2) is 33.4 Å². The third-order valence-electron chi connectivity index (χ3n) is 2.62. The predicted octanol–water partition coefficient (Wildman–Crippen LogP) is 2.12. The van der Waals surface area contributed by atoms with Gasteiger partial charge in [-0.1, -0.05) is 13.0 Å². The molecule has 0 atom stereocenters. The average molecular weight is 335 g/mol. The summed E-state index contributed by atoms with van der Waals surface area (Å²) in [6, 6.07) is 3.70. The molecule has 0 amide bonds. The molecule has 0 aliphatic rings. The molecule has 0 fully saturated rings. The van der Waals surface area contributed by atoms with Crippen molar-refractivity contribution in [2.75, 3.05) is 20.6 Å². The molecule has 18 heavy (non-hydrogen) atoms. The zero-order valence-corrected chi connectivity index (χ0v) is 13.5. The van der Waals surface area contributed by atoms with E-state index in [1.807, 2.05) is 19.9 Å². The third-order valence-corrected chi connectivity index (χ3v) is 5.77. The zero-order valence-electron chi connectivity index (χ0n) is 11.1. The standard InChI is InChI=1S/C12H19BrN2O2S/c1-5-14-8-10-6-9(2)12(13)11(7-10)18(16,17)15(3)4/h6-7,14H,5,8H2,1-4H3. The van der Waals surface area contributed by atoms with Crippen molar-refractivity contribution in [3.8, 4) is 0 Å². The van der Waals surface area contributed by atoms with Crippen LogP contribution in [0.25, 0.3) is 0 Å². The molecule has 0 aliphatic carbocycles. The quantitative estimate of drug-likeness (QED) is 0.897. The van der Waals surface area contributed by atoms with Gasteiger partial charge in [-0.05, 0) is 46.6 Å². The van der Waals surface area contributed by atoms with Crippen LogP contribution in [0.15, 0.2) is 21.5 Å². The number of nitrogens with zero attached hydrogens (tertiary/aromatic N) is 1. The van der Waals surface area contributed by atoms with Crippen molar-refractivity contribution in [3.63, 3.8) is 0 Å². The van der Waals surface area contributed by atoms with Crippen LogP contribution in [0.1, 0.15) is 18.1 Å². The summed E-state index contributed by atoms with van der Waals surface area (Å²) in [6.07, 6.45) is 0. The topological polar surface area (TPSA) is 49.4 Å². The second-order valence-corrected chi connectivity index (χ2v) is 7.21. The summed E-state index contributed by atoms with van der Waals surface area (Å²) in [5, 5.41) is 3.20. The summed E-state index contributed by atoms with van der Waals surface area (Å²) in [5.41, 5.74) is 1.89. The van der Waals surface area contributed by atoms with Gasteiger partial charge in [0, 0.05) is 25.1 Å². The molecule has 0 bridgehead atoms. The molecule has 1 aromatic rings. The molecular formula is C12H19BrN2O2S. The summed E-state index contributed by atoms with van der Waals surface area (Å²) in [6.45, 7) is 5.43. The lowest BCUT2D eigenvalue weighted by atomic mass is 10.1. The molecule has 1 rings (SSSR count). The van der Waals surface area contributed by atoms with Crippen molar-refractivity contribution in [2.45, 2.75) is 25.3 Å². The number of nitrogens with one attached hydrogen (secondary N) is 1. The van der Waals surface area contributed by atoms with Gasteiger partial charge in [0.15, 0.2) is 0 Å². The number of rotatable bonds is 5. The molecule has 0 saturated carbocycles. The van der Waals surface area contributed by atoms with Gasteiger partial charge in [-0.15, -0.1) is 0 Å². The number of hydrogen-bond donors (Lipinski definition) is 1. The second kappa shape index (κ2) is 6.14. The van der Waals surface area contributed by atoms with Gasteiger partial charge in [0.2, 0.25) is 10.0 Å². The average Bonchev–Trinajstić information content (AvgIpc) is 2.29. The minimum absolute atomic E-state index is 0.320. The number of benzene rings is 1. The van der Waals surface area contributed by atoms with Crippen LogP contribution in [0.2, 0.25) is 0 Å². The van der Waals surface area contributed by atoms with Crippen LogP contribution >= 0.6 is 15.9 Å². The lowest BCUT2D eigenvalue weighted by Crippen LogP contribution is -2.23. The lowest BCUT2D eigenvalue weighted by Gasteiger charge is -2.16. The first-order valence-electron chi connectivity index (χ1n) is 5.73. The Morgan fingerprint density at radius 3 is 2.44 bits per heavy atom. The summed E-state index contributed by atoms with van der Waals surface area (Å²) < 4.78 is 26.3. The summed E-state index contributed by atoms with van der Waals surface area (Å²) in [7, 11) is -0.347. The maximum Gasteiger partial charge on any atom is 0.243 e. The van der Waals surface area contributed by atoms with E-state index >= 15 is 0 Å². The van der Waals surface area contributed by atoms with E-state index in [1.54, 1.807) is 6.07 Å². The van der Waals surface area contributed by atoms with Gasteiger partial charge < -0.3 is 5.32 Å². The number of hydrogen-bond acceptors (Lipinski definition) is 3. The fraction of sp³-hybridized carbons (Fsp3) is 0.500. The van der Waals surface area contributed by atoms with Crippen LogP contribution in [-0.2, 0) is 16.6 Å². The maximum atomic E-state index is 12.2. The summed E-state index contributed by atoms with van der Waals surface area (Å²) in [4.78, 5) is 0.320. The largest absolute Gasteiger partial charge is 0.313 e. The van der Waals surface area contributed by atoms with E-state index in [4.69, 9.17) is 0 Å². The summed E-state index contributed by atoms with van der Waals surface area (Å²) >= 11 is 3.36. The van der Waals surface area contributed by atoms with Crippen LogP contribution in [0.4, 0.5) is 0 Å². The molecular weight excluding hydrogens is 316 g/mol. The first kappa shape index (κ1) is 15.6. The minimum Gasteiger partial charge on any atom is -0.313 e. The smallest absolute Gasteiger partial charge is 0.243 e. The molecule has 102 valence electrons. The molecule has 1 N–H and O–H groups in total. The van der Waals surface area contributed by atoms with Crippen molar-refractivity contribution >= 4 is 26.0 Å². The van der Waals surface area contributed by atoms with Crippen LogP contribution in [0.5, 0.6) is 0 Å². The monoisotopic (exact) mass is 334 g/mol. The normalized spacial score (nSPS) is 12.1. The summed E-state index contributed by atoms with van der Waals surface area (Å²) in [5.74, 6) is 0. The Morgan fingerprint density at radius 1 is 1.33 bits per heavy atom. The van der Waals surface area contributed by atoms with E-state index in [0.717, 1.165) is 17.7 Å². The Balaban J connectivity index is 3.31. The van der Waals surface area contributed by atoms with E-state index in [1.165, 1.54) is 18.4 Å². The molecule has 6 heteroatoms. The van der Waals surface area contributed by atoms with Crippen molar-refractivity contribution in [3.05, 3.63) is 27.7 Å². The number of sulfonamides is 1. The van der Waals surface area contributed by atoms with Crippen molar-refractivity contribution in [2.24, 2.45) is 0 Å². The molecule has 0 spiro atoms. The Kier molecular flexibility index (Phi) is 5.33. The SMILES string of the molecule is CCNCc1cc(C)c(Br)c(S(=O)(=O)N(C)C)c1. The first-order valence-corrected chi connectivity index (χ1v) is 7.96. The molecule has 0 aliphatic heterocycles. The molecule has 4 nitrogen and oxygen atoms in total. The van der Waals surface area contributed by atoms with Crippen LogP contribution < -0.4 is 5.32 Å². The van der Waals surface area contributed by atoms with Gasteiger partial charge in [0.1, 0.15) is 0 Å². The zero-order chi connectivity index (χ0) is 13.9. The van der Waals surface area contributed by atoms with Gasteiger partial charge in [-0.3, -0.25) is 0 Å². The van der Waals surface area contributed by atoms with E-state index in [2.05, 4.69) is 21.2 Å². The number of halogens is 1. The highest BCUT2D eigenvalue weighted by Crippen LogP contribution is 2.28. The van der Waals surface area contributed by atoms with Crippen LogP contribution in [0, 0.1) is 6.92 Å². The number of aryl methyl sites for hydroxylation is 1. The second-order valence-electron chi connectivity index (χ2n) is 4.29. The Labute approximate surface area is 118 Å². The van der Waals surface area contributed by atoms with Gasteiger partial charge in [0.25, 0.3) is 0 Å². The van der Waals surface area contributed by atoms with Gasteiger partial charge in [0.05, 0.1) is 4.90 Å². The molecule has 0 unspecified atom stereocenters. The molecule has 0 saturated heterocycles. The maximum absolute atomic E-state index is 12.2. The highest BCUT2D eigenvalue weighted by molar-refractivity contribution is 9.10. The molecule has 1 aromatic carbocycles. The van der Waals surface area contributed by atoms with E-state index < -0.39 is 10.0 Å². The first-order chi connectivity index (χ1) is 8.30. The molecule has 0 aromatic heterocycles. The Morgan fingerprint density at radius 2 is 1.94 bits per heavy atom. The third kappa shape index (κ3) is 3.32. The van der Waals surface area contributed by atoms with Crippen molar-refractivity contribution in [1.82, 2.24) is 9.62 Å². The molecule has 0 radical (unpaired) electrons. The highest BCUT2D eigenvalue weighted by Gasteiger charge is 2.22. The van der Waals surface area contributed by atoms with Gasteiger partial charge in [-0.25, -0.2) is 12.7 Å². The highest BCUT2D eigenvalue weighted by atomic mass is 79.9. The van der Waals surface area contributed by atoms with Crippen molar-refractivity contribution in [1.29, 1.82) is 0 Å². The lowest BCUT2D eigenvalue weighted by molar-refractivity contribution is 0.520. The van der Waals surface area contributed by atoms with Crippen LogP contribution in [0.3, 0.4) is 0 Å². The molecule has 0 heterocycles. The Bertz CT molecular complexity index is 527. The Hall–Kier alpha value is -0.430. The predicted molar refractivity (Wildman–Crippen MR) is 77.1 cm³/mol.